The van der Waals surface area contributed by atoms with Crippen LogP contribution in [0.4, 0.5) is 0 Å². The van der Waals surface area contributed by atoms with Crippen LogP contribution in [0.3, 0.4) is 0 Å². The van der Waals surface area contributed by atoms with Crippen LogP contribution in [0.5, 0.6) is 0 Å². The second kappa shape index (κ2) is 13.0. The number of nitrogens with zero attached hydrogens (tertiary/aromatic N) is 4. The van der Waals surface area contributed by atoms with Crippen molar-refractivity contribution in [2.75, 3.05) is 52.4 Å². The van der Waals surface area contributed by atoms with Crippen molar-refractivity contribution in [1.29, 1.82) is 0 Å². The molecule has 0 aromatic heterocycles. The Morgan fingerprint density at radius 3 is 1.38 bits per heavy atom. The topological polar surface area (TPSA) is 95.7 Å². The van der Waals surface area contributed by atoms with Crippen LogP contribution >= 0.6 is 0 Å². The van der Waals surface area contributed by atoms with Gasteiger partial charge in [-0.05, 0) is 77.8 Å². The average Bonchev–Trinajstić information content (AvgIpc) is 2.70. The minimum Gasteiger partial charge on any atom is -0.303 e. The molecule has 0 saturated carbocycles. The van der Waals surface area contributed by atoms with Crippen LogP contribution in [-0.4, -0.2) is 84.2 Å². The van der Waals surface area contributed by atoms with Gasteiger partial charge >= 0.3 is 0 Å². The fourth-order valence-corrected chi connectivity index (χ4v) is 3.66. The van der Waals surface area contributed by atoms with E-state index in [-0.39, 0.29) is 11.7 Å². The van der Waals surface area contributed by atoms with Gasteiger partial charge in [-0.15, -0.1) is 0 Å². The Balaban J connectivity index is 1.69. The minimum atomic E-state index is 0.198. The van der Waals surface area contributed by atoms with Crippen LogP contribution < -0.4 is 11.0 Å². The fraction of sp³-hybridized carbons (Fsp3) is 0.889. The molecule has 8 nitrogen and oxygen atoms in total. The van der Waals surface area contributed by atoms with Crippen molar-refractivity contribution in [3.63, 3.8) is 0 Å². The molecule has 0 bridgehead atoms. The van der Waals surface area contributed by atoms with Gasteiger partial charge in [-0.25, -0.2) is 11.0 Å². The summed E-state index contributed by atoms with van der Waals surface area (Å²) in [6.07, 6.45) is 9.69. The Kier molecular flexibility index (Phi) is 10.6. The number of aliphatic imine (C=N–C) groups is 2. The van der Waals surface area contributed by atoms with Gasteiger partial charge in [-0.2, -0.15) is 0 Å². The maximum atomic E-state index is 9.30. The minimum absolute atomic E-state index is 0.198. The number of hydroxylamine groups is 2. The van der Waals surface area contributed by atoms with Crippen molar-refractivity contribution in [3.05, 3.63) is 0 Å². The second-order valence-corrected chi connectivity index (χ2v) is 7.20. The van der Waals surface area contributed by atoms with Crippen LogP contribution in [0.15, 0.2) is 9.98 Å². The SMILES string of the molecule is ONC(=NCCCN1CCCCC1)C(=NCCCN1CCCCC1)NO. The van der Waals surface area contributed by atoms with Gasteiger partial charge in [0.25, 0.3) is 0 Å². The number of hydrogen-bond donors (Lipinski definition) is 4. The molecule has 0 aliphatic carbocycles. The molecule has 0 aromatic carbocycles. The molecule has 0 aromatic rings. The number of likely N-dealkylation sites (tertiary alicyclic amines) is 2. The van der Waals surface area contributed by atoms with Gasteiger partial charge in [-0.3, -0.25) is 20.4 Å². The summed E-state index contributed by atoms with van der Waals surface area (Å²) in [5.41, 5.74) is 4.11. The van der Waals surface area contributed by atoms with Gasteiger partial charge in [0, 0.05) is 13.1 Å². The Hall–Kier alpha value is -1.22. The average molecular weight is 369 g/mol. The van der Waals surface area contributed by atoms with E-state index in [1.165, 1.54) is 64.7 Å². The van der Waals surface area contributed by atoms with Crippen molar-refractivity contribution >= 4 is 11.7 Å². The second-order valence-electron chi connectivity index (χ2n) is 7.20. The molecule has 4 N–H and O–H groups in total. The molecule has 2 fully saturated rings. The molecule has 150 valence electrons. The van der Waals surface area contributed by atoms with Crippen LogP contribution in [0.2, 0.25) is 0 Å². The first kappa shape index (κ1) is 21.1. The summed E-state index contributed by atoms with van der Waals surface area (Å²) < 4.78 is 0. The zero-order chi connectivity index (χ0) is 18.5. The van der Waals surface area contributed by atoms with Crippen molar-refractivity contribution in [3.8, 4) is 0 Å². The molecule has 0 amide bonds. The Morgan fingerprint density at radius 1 is 0.654 bits per heavy atom. The molecule has 8 heteroatoms. The number of piperidine rings is 2. The lowest BCUT2D eigenvalue weighted by atomic mass is 10.1. The van der Waals surface area contributed by atoms with Crippen LogP contribution in [0, 0.1) is 0 Å². The monoisotopic (exact) mass is 368 g/mol. The Labute approximate surface area is 157 Å². The Morgan fingerprint density at radius 2 is 1.04 bits per heavy atom. The molecule has 0 atom stereocenters. The predicted molar refractivity (Wildman–Crippen MR) is 104 cm³/mol. The summed E-state index contributed by atoms with van der Waals surface area (Å²) in [5, 5.41) is 18.6. The van der Waals surface area contributed by atoms with E-state index in [4.69, 9.17) is 0 Å². The summed E-state index contributed by atoms with van der Waals surface area (Å²) in [5.74, 6) is 0.397. The lowest BCUT2D eigenvalue weighted by Gasteiger charge is -2.26. The third kappa shape index (κ3) is 7.99. The first-order valence-electron chi connectivity index (χ1n) is 10.2. The molecule has 2 saturated heterocycles. The molecule has 0 spiro atoms. The van der Waals surface area contributed by atoms with Crippen molar-refractivity contribution in [1.82, 2.24) is 20.8 Å². The molecular weight excluding hydrogens is 332 g/mol. The predicted octanol–water partition coefficient (Wildman–Crippen LogP) is 1.49. The summed E-state index contributed by atoms with van der Waals surface area (Å²) in [6.45, 7) is 7.94. The molecule has 0 radical (unpaired) electrons. The zero-order valence-corrected chi connectivity index (χ0v) is 16.0. The van der Waals surface area contributed by atoms with Gasteiger partial charge in [0.15, 0.2) is 11.7 Å². The highest BCUT2D eigenvalue weighted by molar-refractivity contribution is 6.39. The van der Waals surface area contributed by atoms with Gasteiger partial charge in [0.2, 0.25) is 0 Å². The van der Waals surface area contributed by atoms with E-state index in [0.717, 1.165) is 25.9 Å². The van der Waals surface area contributed by atoms with E-state index in [0.29, 0.717) is 13.1 Å². The maximum absolute atomic E-state index is 9.30. The largest absolute Gasteiger partial charge is 0.303 e. The lowest BCUT2D eigenvalue weighted by Crippen LogP contribution is -2.38. The normalized spacial score (nSPS) is 21.0. The molecule has 26 heavy (non-hydrogen) atoms. The summed E-state index contributed by atoms with van der Waals surface area (Å²) in [7, 11) is 0. The van der Waals surface area contributed by atoms with Crippen LogP contribution in [0.1, 0.15) is 51.4 Å². The van der Waals surface area contributed by atoms with Crippen LogP contribution in [0.25, 0.3) is 0 Å². The molecule has 2 aliphatic heterocycles. The summed E-state index contributed by atoms with van der Waals surface area (Å²) >= 11 is 0. The maximum Gasteiger partial charge on any atom is 0.190 e. The molecular formula is C18H36N6O2. The highest BCUT2D eigenvalue weighted by Crippen LogP contribution is 2.09. The van der Waals surface area contributed by atoms with E-state index in [2.05, 4.69) is 30.7 Å². The van der Waals surface area contributed by atoms with Gasteiger partial charge in [0.05, 0.1) is 0 Å². The van der Waals surface area contributed by atoms with Crippen LogP contribution in [-0.2, 0) is 0 Å². The standard InChI is InChI=1S/C18H36N6O2/c25-21-17(19-9-7-15-23-11-3-1-4-12-23)18(22-26)20-10-8-16-24-13-5-2-6-14-24/h25-26H,1-16H2,(H,19,21)(H,20,22). The Bertz CT molecular complexity index is 391. The lowest BCUT2D eigenvalue weighted by molar-refractivity contribution is 0.220. The molecule has 2 aliphatic rings. The first-order chi connectivity index (χ1) is 12.8. The number of rotatable bonds is 8. The van der Waals surface area contributed by atoms with E-state index in [1.54, 1.807) is 0 Å². The third-order valence-electron chi connectivity index (χ3n) is 5.14. The smallest absolute Gasteiger partial charge is 0.190 e. The number of nitrogens with one attached hydrogen (secondary N) is 2. The molecule has 2 rings (SSSR count). The summed E-state index contributed by atoms with van der Waals surface area (Å²) in [6, 6.07) is 0. The van der Waals surface area contributed by atoms with Crippen molar-refractivity contribution in [2.45, 2.75) is 51.4 Å². The summed E-state index contributed by atoms with van der Waals surface area (Å²) in [4.78, 5) is 13.6. The third-order valence-corrected chi connectivity index (χ3v) is 5.14. The van der Waals surface area contributed by atoms with E-state index >= 15 is 0 Å². The molecule has 0 unspecified atom stereocenters. The van der Waals surface area contributed by atoms with Gasteiger partial charge < -0.3 is 9.80 Å². The highest BCUT2D eigenvalue weighted by atomic mass is 16.5. The first-order valence-corrected chi connectivity index (χ1v) is 10.2. The quantitative estimate of drug-likeness (QED) is 0.224. The van der Waals surface area contributed by atoms with Gasteiger partial charge in [-0.1, -0.05) is 12.8 Å². The van der Waals surface area contributed by atoms with E-state index in [9.17, 15) is 10.4 Å². The number of amidine groups is 2. The van der Waals surface area contributed by atoms with Crippen molar-refractivity contribution < 1.29 is 10.4 Å². The number of hydrogen-bond acceptors (Lipinski definition) is 6. The zero-order valence-electron chi connectivity index (χ0n) is 16.0. The highest BCUT2D eigenvalue weighted by Gasteiger charge is 2.11. The van der Waals surface area contributed by atoms with Gasteiger partial charge in [0.1, 0.15) is 0 Å². The van der Waals surface area contributed by atoms with Crippen molar-refractivity contribution in [2.24, 2.45) is 9.98 Å². The van der Waals surface area contributed by atoms with E-state index in [1.807, 2.05) is 0 Å². The van der Waals surface area contributed by atoms with E-state index < -0.39 is 0 Å². The fourth-order valence-electron chi connectivity index (χ4n) is 3.66. The molecule has 2 heterocycles.